The summed E-state index contributed by atoms with van der Waals surface area (Å²) in [5.74, 6) is 2.18. The van der Waals surface area contributed by atoms with Crippen LogP contribution in [-0.2, 0) is 6.54 Å². The van der Waals surface area contributed by atoms with Crippen molar-refractivity contribution in [2.24, 2.45) is 0 Å². The Morgan fingerprint density at radius 1 is 1.03 bits per heavy atom. The number of rotatable bonds is 6. The van der Waals surface area contributed by atoms with Crippen LogP contribution >= 0.6 is 0 Å². The summed E-state index contributed by atoms with van der Waals surface area (Å²) in [5, 5.41) is 0. The van der Waals surface area contributed by atoms with Gasteiger partial charge in [-0.15, -0.1) is 0 Å². The van der Waals surface area contributed by atoms with Gasteiger partial charge < -0.3 is 14.4 Å². The fourth-order valence-corrected chi connectivity index (χ4v) is 4.10. The van der Waals surface area contributed by atoms with Crippen molar-refractivity contribution in [1.82, 2.24) is 9.80 Å². The van der Waals surface area contributed by atoms with E-state index in [1.807, 2.05) is 35.2 Å². The highest BCUT2D eigenvalue weighted by Crippen LogP contribution is 2.44. The Bertz CT molecular complexity index is 824. The van der Waals surface area contributed by atoms with E-state index in [-0.39, 0.29) is 6.09 Å². The second-order valence-electron chi connectivity index (χ2n) is 8.16. The minimum atomic E-state index is -0.214. The van der Waals surface area contributed by atoms with Crippen molar-refractivity contribution in [3.8, 4) is 11.5 Å². The van der Waals surface area contributed by atoms with Crippen molar-refractivity contribution < 1.29 is 14.3 Å². The van der Waals surface area contributed by atoms with Crippen molar-refractivity contribution in [3.05, 3.63) is 59.7 Å². The van der Waals surface area contributed by atoms with Gasteiger partial charge in [0.05, 0.1) is 7.11 Å². The first-order chi connectivity index (χ1) is 14.1. The number of hydrogen-bond donors (Lipinski definition) is 0. The maximum atomic E-state index is 12.7. The molecule has 0 unspecified atom stereocenters. The molecule has 0 spiro atoms. The molecule has 2 fully saturated rings. The van der Waals surface area contributed by atoms with E-state index in [1.165, 1.54) is 24.0 Å². The van der Waals surface area contributed by atoms with E-state index in [1.54, 1.807) is 7.11 Å². The highest BCUT2D eigenvalue weighted by atomic mass is 16.6. The van der Waals surface area contributed by atoms with Crippen LogP contribution in [0.25, 0.3) is 0 Å². The van der Waals surface area contributed by atoms with Gasteiger partial charge in [-0.25, -0.2) is 4.79 Å². The Balaban J connectivity index is 1.28. The SMILES string of the molecule is COc1ccc(CN(C)C2CCN(C(=O)Oc3ccccc3C3CC3)CC2)cc1. The summed E-state index contributed by atoms with van der Waals surface area (Å²) in [6.07, 6.45) is 4.10. The van der Waals surface area contributed by atoms with Gasteiger partial charge in [-0.1, -0.05) is 30.3 Å². The second-order valence-corrected chi connectivity index (χ2v) is 8.16. The largest absolute Gasteiger partial charge is 0.497 e. The summed E-state index contributed by atoms with van der Waals surface area (Å²) in [4.78, 5) is 16.9. The van der Waals surface area contributed by atoms with Crippen LogP contribution in [0.15, 0.2) is 48.5 Å². The molecule has 1 heterocycles. The number of piperidine rings is 1. The van der Waals surface area contributed by atoms with Gasteiger partial charge in [-0.2, -0.15) is 0 Å². The Labute approximate surface area is 173 Å². The number of benzene rings is 2. The molecule has 1 saturated heterocycles. The third-order valence-corrected chi connectivity index (χ3v) is 6.07. The second kappa shape index (κ2) is 8.87. The van der Waals surface area contributed by atoms with Crippen molar-refractivity contribution in [2.45, 2.75) is 44.2 Å². The van der Waals surface area contributed by atoms with Crippen LogP contribution in [0.4, 0.5) is 4.79 Å². The molecule has 5 nitrogen and oxygen atoms in total. The van der Waals surface area contributed by atoms with Crippen molar-refractivity contribution >= 4 is 6.09 Å². The topological polar surface area (TPSA) is 42.0 Å². The van der Waals surface area contributed by atoms with Crippen molar-refractivity contribution in [2.75, 3.05) is 27.2 Å². The number of methoxy groups -OCH3 is 1. The maximum Gasteiger partial charge on any atom is 0.415 e. The van der Waals surface area contributed by atoms with Gasteiger partial charge in [0.2, 0.25) is 0 Å². The highest BCUT2D eigenvalue weighted by molar-refractivity contribution is 5.71. The van der Waals surface area contributed by atoms with Crippen molar-refractivity contribution in [1.29, 1.82) is 0 Å². The third kappa shape index (κ3) is 4.91. The van der Waals surface area contributed by atoms with Crippen LogP contribution in [-0.4, -0.2) is 49.2 Å². The summed E-state index contributed by atoms with van der Waals surface area (Å²) in [6, 6.07) is 16.7. The van der Waals surface area contributed by atoms with E-state index in [4.69, 9.17) is 9.47 Å². The summed E-state index contributed by atoms with van der Waals surface area (Å²) in [5.41, 5.74) is 2.45. The number of ether oxygens (including phenoxy) is 2. The Morgan fingerprint density at radius 3 is 2.38 bits per heavy atom. The lowest BCUT2D eigenvalue weighted by molar-refractivity contribution is 0.107. The molecule has 2 aromatic carbocycles. The minimum Gasteiger partial charge on any atom is -0.497 e. The van der Waals surface area contributed by atoms with E-state index in [0.717, 1.165) is 44.0 Å². The van der Waals surface area contributed by atoms with E-state index in [9.17, 15) is 4.79 Å². The van der Waals surface area contributed by atoms with Gasteiger partial charge in [0.1, 0.15) is 11.5 Å². The molecule has 154 valence electrons. The van der Waals surface area contributed by atoms with Crippen LogP contribution in [0.3, 0.4) is 0 Å². The average Bonchev–Trinajstić information content (AvgIpc) is 3.60. The molecule has 1 saturated carbocycles. The quantitative estimate of drug-likeness (QED) is 0.714. The molecule has 2 aliphatic rings. The van der Waals surface area contributed by atoms with Crippen LogP contribution < -0.4 is 9.47 Å². The van der Waals surface area contributed by atoms with Gasteiger partial charge >= 0.3 is 6.09 Å². The Hall–Kier alpha value is -2.53. The van der Waals surface area contributed by atoms with Crippen LogP contribution in [0, 0.1) is 0 Å². The van der Waals surface area contributed by atoms with E-state index < -0.39 is 0 Å². The van der Waals surface area contributed by atoms with E-state index >= 15 is 0 Å². The number of likely N-dealkylation sites (tertiary alicyclic amines) is 1. The summed E-state index contributed by atoms with van der Waals surface area (Å²) < 4.78 is 11.0. The maximum absolute atomic E-state index is 12.7. The third-order valence-electron chi connectivity index (χ3n) is 6.07. The number of amides is 1. The summed E-state index contributed by atoms with van der Waals surface area (Å²) in [7, 11) is 3.85. The lowest BCUT2D eigenvalue weighted by Gasteiger charge is -2.36. The predicted octanol–water partition coefficient (Wildman–Crippen LogP) is 4.67. The Morgan fingerprint density at radius 2 is 1.72 bits per heavy atom. The molecule has 4 rings (SSSR count). The van der Waals surface area contributed by atoms with Gasteiger partial charge in [-0.3, -0.25) is 4.90 Å². The lowest BCUT2D eigenvalue weighted by atomic mass is 10.0. The zero-order valence-corrected chi connectivity index (χ0v) is 17.3. The number of carbonyl (C=O) groups excluding carboxylic acids is 1. The molecule has 1 aliphatic carbocycles. The van der Waals surface area contributed by atoms with Gasteiger partial charge in [0.15, 0.2) is 0 Å². The molecule has 0 N–H and O–H groups in total. The molecule has 5 heteroatoms. The molecule has 0 bridgehead atoms. The molecule has 1 amide bonds. The average molecular weight is 395 g/mol. The number of carbonyl (C=O) groups is 1. The zero-order chi connectivity index (χ0) is 20.2. The molecule has 0 aromatic heterocycles. The van der Waals surface area contributed by atoms with Crippen LogP contribution in [0.1, 0.15) is 42.7 Å². The fraction of sp³-hybridized carbons (Fsp3) is 0.458. The normalized spacial score (nSPS) is 17.4. The molecule has 1 aliphatic heterocycles. The highest BCUT2D eigenvalue weighted by Gasteiger charge is 2.30. The zero-order valence-electron chi connectivity index (χ0n) is 17.3. The fourth-order valence-electron chi connectivity index (χ4n) is 4.10. The molecule has 29 heavy (non-hydrogen) atoms. The number of nitrogens with zero attached hydrogens (tertiary/aromatic N) is 2. The summed E-state index contributed by atoms with van der Waals surface area (Å²) in [6.45, 7) is 2.37. The standard InChI is InChI=1S/C24H30N2O3/c1-25(17-18-7-11-21(28-2)12-8-18)20-13-15-26(16-14-20)24(27)29-23-6-4-3-5-22(23)19-9-10-19/h3-8,11-12,19-20H,9-10,13-17H2,1-2H3. The first-order valence-electron chi connectivity index (χ1n) is 10.5. The molecular weight excluding hydrogens is 364 g/mol. The number of hydrogen-bond acceptors (Lipinski definition) is 4. The molecule has 0 atom stereocenters. The van der Waals surface area contributed by atoms with Gasteiger partial charge in [0, 0.05) is 25.7 Å². The Kier molecular flexibility index (Phi) is 6.05. The first kappa shape index (κ1) is 19.8. The lowest BCUT2D eigenvalue weighted by Crippen LogP contribution is -2.46. The summed E-state index contributed by atoms with van der Waals surface area (Å²) >= 11 is 0. The molecular formula is C24H30N2O3. The predicted molar refractivity (Wildman–Crippen MR) is 113 cm³/mol. The molecule has 2 aromatic rings. The minimum absolute atomic E-state index is 0.214. The van der Waals surface area contributed by atoms with E-state index in [2.05, 4.69) is 30.1 Å². The van der Waals surface area contributed by atoms with Gasteiger partial charge in [-0.05, 0) is 68.0 Å². The monoisotopic (exact) mass is 394 g/mol. The first-order valence-corrected chi connectivity index (χ1v) is 10.5. The van der Waals surface area contributed by atoms with Gasteiger partial charge in [0.25, 0.3) is 0 Å². The smallest absolute Gasteiger partial charge is 0.415 e. The van der Waals surface area contributed by atoms with Crippen LogP contribution in [0.2, 0.25) is 0 Å². The van der Waals surface area contributed by atoms with E-state index in [0.29, 0.717) is 12.0 Å². The van der Waals surface area contributed by atoms with Crippen molar-refractivity contribution in [3.63, 3.8) is 0 Å². The molecule has 0 radical (unpaired) electrons. The number of para-hydroxylation sites is 1. The van der Waals surface area contributed by atoms with Crippen LogP contribution in [0.5, 0.6) is 11.5 Å².